The Balaban J connectivity index is 1.67. The molecule has 3 nitrogen and oxygen atoms in total. The molecular formula is C17H23N3. The first-order valence-corrected chi connectivity index (χ1v) is 7.61. The van der Waals surface area contributed by atoms with Gasteiger partial charge in [-0.2, -0.15) is 0 Å². The van der Waals surface area contributed by atoms with Crippen LogP contribution in [0.4, 0.5) is 11.5 Å². The number of rotatable bonds is 3. The Morgan fingerprint density at radius 1 is 1.25 bits per heavy atom. The number of fused-ring (bicyclic) bond motifs is 1. The molecule has 0 bridgehead atoms. The maximum atomic E-state index is 5.79. The Hall–Kier alpha value is -1.77. The number of anilines is 2. The standard InChI is InChI=1S/C17H23N3/c1-12-3-2-4-13(9-12)11-19-17-8-5-14-10-15(18)6-7-16(14)20-17/h5-8,10,12-13H,2-4,9,11,18H2,1H3,(H,19,20). The first kappa shape index (κ1) is 13.2. The third-order valence-corrected chi connectivity index (χ3v) is 4.33. The average molecular weight is 269 g/mol. The van der Waals surface area contributed by atoms with E-state index in [1.165, 1.54) is 25.7 Å². The summed E-state index contributed by atoms with van der Waals surface area (Å²) in [6, 6.07) is 9.99. The Bertz CT molecular complexity index is 594. The Morgan fingerprint density at radius 2 is 2.15 bits per heavy atom. The van der Waals surface area contributed by atoms with Gasteiger partial charge in [-0.25, -0.2) is 4.98 Å². The summed E-state index contributed by atoms with van der Waals surface area (Å²) in [6.45, 7) is 3.41. The van der Waals surface area contributed by atoms with Gasteiger partial charge >= 0.3 is 0 Å². The van der Waals surface area contributed by atoms with Crippen LogP contribution in [0.1, 0.15) is 32.6 Å². The molecule has 1 fully saturated rings. The highest BCUT2D eigenvalue weighted by molar-refractivity contribution is 5.83. The van der Waals surface area contributed by atoms with Crippen LogP contribution in [-0.4, -0.2) is 11.5 Å². The lowest BCUT2D eigenvalue weighted by atomic mass is 9.82. The number of hydrogen-bond acceptors (Lipinski definition) is 3. The number of pyridine rings is 1. The molecule has 2 unspecified atom stereocenters. The monoisotopic (exact) mass is 269 g/mol. The zero-order chi connectivity index (χ0) is 13.9. The second-order valence-electron chi connectivity index (χ2n) is 6.17. The summed E-state index contributed by atoms with van der Waals surface area (Å²) < 4.78 is 0. The molecule has 0 saturated heterocycles. The number of nitrogens with two attached hydrogens (primary N) is 1. The topological polar surface area (TPSA) is 50.9 Å². The molecule has 106 valence electrons. The van der Waals surface area contributed by atoms with Crippen molar-refractivity contribution in [3.05, 3.63) is 30.3 Å². The molecule has 1 heterocycles. The van der Waals surface area contributed by atoms with Gasteiger partial charge < -0.3 is 11.1 Å². The lowest BCUT2D eigenvalue weighted by Gasteiger charge is -2.26. The van der Waals surface area contributed by atoms with Gasteiger partial charge in [0.2, 0.25) is 0 Å². The predicted octanol–water partition coefficient (Wildman–Crippen LogP) is 4.06. The van der Waals surface area contributed by atoms with E-state index in [-0.39, 0.29) is 0 Å². The fourth-order valence-corrected chi connectivity index (χ4v) is 3.24. The quantitative estimate of drug-likeness (QED) is 0.826. The number of benzene rings is 1. The van der Waals surface area contributed by atoms with Crippen LogP contribution in [0.3, 0.4) is 0 Å². The van der Waals surface area contributed by atoms with Gasteiger partial charge in [0.05, 0.1) is 5.52 Å². The van der Waals surface area contributed by atoms with Crippen LogP contribution in [0.2, 0.25) is 0 Å². The summed E-state index contributed by atoms with van der Waals surface area (Å²) in [5.74, 6) is 2.64. The van der Waals surface area contributed by atoms with Crippen molar-refractivity contribution in [2.75, 3.05) is 17.6 Å². The maximum Gasteiger partial charge on any atom is 0.126 e. The van der Waals surface area contributed by atoms with Crippen LogP contribution in [0.25, 0.3) is 10.9 Å². The molecule has 1 aliphatic rings. The van der Waals surface area contributed by atoms with Gasteiger partial charge in [0.15, 0.2) is 0 Å². The lowest BCUT2D eigenvalue weighted by Crippen LogP contribution is -2.21. The maximum absolute atomic E-state index is 5.79. The van der Waals surface area contributed by atoms with Gasteiger partial charge in [-0.1, -0.05) is 19.8 Å². The summed E-state index contributed by atoms with van der Waals surface area (Å²) in [5, 5.41) is 4.60. The minimum absolute atomic E-state index is 0.788. The van der Waals surface area contributed by atoms with Crippen molar-refractivity contribution in [1.82, 2.24) is 4.98 Å². The van der Waals surface area contributed by atoms with Crippen molar-refractivity contribution in [3.63, 3.8) is 0 Å². The highest BCUT2D eigenvalue weighted by Crippen LogP contribution is 2.28. The molecule has 3 heteroatoms. The van der Waals surface area contributed by atoms with Gasteiger partial charge in [-0.15, -0.1) is 0 Å². The second-order valence-corrected chi connectivity index (χ2v) is 6.17. The molecular weight excluding hydrogens is 246 g/mol. The van der Waals surface area contributed by atoms with Crippen molar-refractivity contribution in [2.24, 2.45) is 11.8 Å². The Kier molecular flexibility index (Phi) is 3.77. The van der Waals surface area contributed by atoms with Gasteiger partial charge in [-0.3, -0.25) is 0 Å². The van der Waals surface area contributed by atoms with Crippen LogP contribution in [0.15, 0.2) is 30.3 Å². The van der Waals surface area contributed by atoms with E-state index in [0.29, 0.717) is 0 Å². The van der Waals surface area contributed by atoms with Crippen molar-refractivity contribution in [1.29, 1.82) is 0 Å². The Labute approximate surface area is 120 Å². The largest absolute Gasteiger partial charge is 0.399 e. The van der Waals surface area contributed by atoms with Crippen LogP contribution >= 0.6 is 0 Å². The number of nitrogens with one attached hydrogen (secondary N) is 1. The molecule has 2 aromatic rings. The summed E-state index contributed by atoms with van der Waals surface area (Å²) in [4.78, 5) is 4.65. The van der Waals surface area contributed by atoms with Crippen LogP contribution in [0.5, 0.6) is 0 Å². The van der Waals surface area contributed by atoms with Gasteiger partial charge in [0, 0.05) is 17.6 Å². The summed E-state index contributed by atoms with van der Waals surface area (Å²) >= 11 is 0. The molecule has 0 spiro atoms. The molecule has 3 N–H and O–H groups in total. The molecule has 2 atom stereocenters. The fraction of sp³-hybridized carbons (Fsp3) is 0.471. The summed E-state index contributed by atoms with van der Waals surface area (Å²) in [6.07, 6.45) is 5.46. The van der Waals surface area contributed by atoms with E-state index in [4.69, 9.17) is 5.73 Å². The van der Waals surface area contributed by atoms with Crippen LogP contribution in [-0.2, 0) is 0 Å². The normalized spacial score (nSPS) is 22.9. The smallest absolute Gasteiger partial charge is 0.126 e. The van der Waals surface area contributed by atoms with E-state index in [9.17, 15) is 0 Å². The number of nitrogens with zero attached hydrogens (tertiary/aromatic N) is 1. The number of hydrogen-bond donors (Lipinski definition) is 2. The van der Waals surface area contributed by atoms with Crippen molar-refractivity contribution >= 4 is 22.4 Å². The van der Waals surface area contributed by atoms with Crippen molar-refractivity contribution in [2.45, 2.75) is 32.6 Å². The van der Waals surface area contributed by atoms with Crippen LogP contribution in [0, 0.1) is 11.8 Å². The fourth-order valence-electron chi connectivity index (χ4n) is 3.24. The highest BCUT2D eigenvalue weighted by atomic mass is 15.0. The molecule has 1 aliphatic carbocycles. The van der Waals surface area contributed by atoms with E-state index < -0.39 is 0 Å². The second kappa shape index (κ2) is 5.70. The van der Waals surface area contributed by atoms with Gasteiger partial charge in [0.1, 0.15) is 5.82 Å². The third kappa shape index (κ3) is 3.03. The predicted molar refractivity (Wildman–Crippen MR) is 85.8 cm³/mol. The van der Waals surface area contributed by atoms with E-state index in [0.717, 1.165) is 40.8 Å². The summed E-state index contributed by atoms with van der Waals surface area (Å²) in [7, 11) is 0. The van der Waals surface area contributed by atoms with Crippen molar-refractivity contribution < 1.29 is 0 Å². The molecule has 0 radical (unpaired) electrons. The molecule has 0 aliphatic heterocycles. The highest BCUT2D eigenvalue weighted by Gasteiger charge is 2.18. The SMILES string of the molecule is CC1CCCC(CNc2ccc3cc(N)ccc3n2)C1. The minimum atomic E-state index is 0.788. The number of nitrogen functional groups attached to an aromatic ring is 1. The molecule has 1 aromatic heterocycles. The first-order chi connectivity index (χ1) is 9.70. The van der Waals surface area contributed by atoms with Crippen LogP contribution < -0.4 is 11.1 Å². The minimum Gasteiger partial charge on any atom is -0.399 e. The first-order valence-electron chi connectivity index (χ1n) is 7.61. The van der Waals surface area contributed by atoms with E-state index in [1.807, 2.05) is 24.3 Å². The average Bonchev–Trinajstić information content (AvgIpc) is 2.45. The van der Waals surface area contributed by atoms with E-state index >= 15 is 0 Å². The van der Waals surface area contributed by atoms with E-state index in [2.05, 4.69) is 23.3 Å². The number of aromatic nitrogens is 1. The molecule has 0 amide bonds. The van der Waals surface area contributed by atoms with E-state index in [1.54, 1.807) is 0 Å². The van der Waals surface area contributed by atoms with Gasteiger partial charge in [0.25, 0.3) is 0 Å². The van der Waals surface area contributed by atoms with Crippen molar-refractivity contribution in [3.8, 4) is 0 Å². The molecule has 20 heavy (non-hydrogen) atoms. The van der Waals surface area contributed by atoms with Gasteiger partial charge in [-0.05, 0) is 55.0 Å². The summed E-state index contributed by atoms with van der Waals surface area (Å²) in [5.41, 5.74) is 7.58. The lowest BCUT2D eigenvalue weighted by molar-refractivity contribution is 0.293. The third-order valence-electron chi connectivity index (χ3n) is 4.33. The Morgan fingerprint density at radius 3 is 3.00 bits per heavy atom. The molecule has 1 aromatic carbocycles. The molecule has 1 saturated carbocycles. The zero-order valence-corrected chi connectivity index (χ0v) is 12.1. The molecule has 3 rings (SSSR count). The zero-order valence-electron chi connectivity index (χ0n) is 12.1.